The van der Waals surface area contributed by atoms with Crippen LogP contribution in [-0.4, -0.2) is 55.0 Å². The Labute approximate surface area is 167 Å². The smallest absolute Gasteiger partial charge is 0.243 e. The van der Waals surface area contributed by atoms with Gasteiger partial charge < -0.3 is 4.90 Å². The van der Waals surface area contributed by atoms with Crippen LogP contribution >= 0.6 is 0 Å². The molecule has 1 saturated heterocycles. The first-order chi connectivity index (χ1) is 13.3. The van der Waals surface area contributed by atoms with E-state index >= 15 is 0 Å². The molecular formula is C21H30N2O4S. The maximum Gasteiger partial charge on any atom is 0.243 e. The van der Waals surface area contributed by atoms with Gasteiger partial charge in [0, 0.05) is 37.2 Å². The third-order valence-corrected chi connectivity index (χ3v) is 7.64. The van der Waals surface area contributed by atoms with Crippen LogP contribution in [0.2, 0.25) is 0 Å². The largest absolute Gasteiger partial charge is 0.339 e. The van der Waals surface area contributed by atoms with Gasteiger partial charge in [-0.25, -0.2) is 8.42 Å². The number of carbonyl (C=O) groups is 2. The fourth-order valence-electron chi connectivity index (χ4n) is 3.78. The summed E-state index contributed by atoms with van der Waals surface area (Å²) in [6, 6.07) is 6.48. The molecule has 1 heterocycles. The Bertz CT molecular complexity index is 807. The number of sulfonamides is 1. The lowest BCUT2D eigenvalue weighted by molar-refractivity contribution is -0.137. The number of rotatable bonds is 8. The van der Waals surface area contributed by atoms with Crippen LogP contribution in [0.3, 0.4) is 0 Å². The average Bonchev–Trinajstić information content (AvgIpc) is 3.53. The maximum absolute atomic E-state index is 12.9. The Morgan fingerprint density at radius 3 is 2.18 bits per heavy atom. The van der Waals surface area contributed by atoms with Gasteiger partial charge in [-0.3, -0.25) is 9.59 Å². The van der Waals surface area contributed by atoms with Crippen molar-refractivity contribution in [3.8, 4) is 0 Å². The third-order valence-electron chi connectivity index (χ3n) is 5.73. The molecule has 0 atom stereocenters. The van der Waals surface area contributed by atoms with Crippen molar-refractivity contribution in [2.75, 3.05) is 19.6 Å². The van der Waals surface area contributed by atoms with Gasteiger partial charge in [0.2, 0.25) is 15.9 Å². The Hall–Kier alpha value is -1.73. The summed E-state index contributed by atoms with van der Waals surface area (Å²) in [5.41, 5.74) is 0.496. The van der Waals surface area contributed by atoms with Gasteiger partial charge >= 0.3 is 0 Å². The first kappa shape index (κ1) is 21.0. The average molecular weight is 407 g/mol. The standard InChI is InChI=1S/C21H30N2O4S/c1-3-4-13-23(19-7-8-19)21(25)18-11-14-22(15-12-18)28(26,27)20-9-5-17(6-10-20)16(2)24/h5-6,9-10,18-19H,3-4,7-8,11-15H2,1-2H3. The van der Waals surface area contributed by atoms with E-state index in [2.05, 4.69) is 6.92 Å². The molecule has 0 N–H and O–H groups in total. The second-order valence-electron chi connectivity index (χ2n) is 7.88. The first-order valence-corrected chi connectivity index (χ1v) is 11.7. The topological polar surface area (TPSA) is 74.8 Å². The number of carbonyl (C=O) groups excluding carboxylic acids is 2. The second-order valence-corrected chi connectivity index (χ2v) is 9.81. The predicted molar refractivity (Wildman–Crippen MR) is 108 cm³/mol. The molecule has 154 valence electrons. The molecule has 1 aromatic carbocycles. The summed E-state index contributed by atoms with van der Waals surface area (Å²) < 4.78 is 27.2. The highest BCUT2D eigenvalue weighted by Crippen LogP contribution is 2.31. The van der Waals surface area contributed by atoms with Crippen LogP contribution in [0.1, 0.15) is 62.7 Å². The molecule has 7 heteroatoms. The second kappa shape index (κ2) is 8.74. The normalized spacial score (nSPS) is 18.8. The Morgan fingerprint density at radius 2 is 1.68 bits per heavy atom. The van der Waals surface area contributed by atoms with Crippen LogP contribution in [0, 0.1) is 5.92 Å². The third kappa shape index (κ3) is 4.63. The summed E-state index contributed by atoms with van der Waals surface area (Å²) in [6.07, 6.45) is 5.41. The van der Waals surface area contributed by atoms with Gasteiger partial charge in [-0.15, -0.1) is 0 Å². The minimum atomic E-state index is -3.59. The van der Waals surface area contributed by atoms with Crippen molar-refractivity contribution in [1.29, 1.82) is 0 Å². The van der Waals surface area contributed by atoms with Crippen molar-refractivity contribution < 1.29 is 18.0 Å². The molecule has 0 aromatic heterocycles. The lowest BCUT2D eigenvalue weighted by Crippen LogP contribution is -2.45. The molecule has 2 aliphatic rings. The molecule has 1 aliphatic heterocycles. The number of Topliss-reactive ketones (excluding diaryl/α,β-unsaturated/α-hetero) is 1. The van der Waals surface area contributed by atoms with Crippen molar-refractivity contribution in [3.05, 3.63) is 29.8 Å². The van der Waals surface area contributed by atoms with Crippen molar-refractivity contribution in [2.45, 2.75) is 63.3 Å². The highest BCUT2D eigenvalue weighted by atomic mass is 32.2. The van der Waals surface area contributed by atoms with E-state index in [-0.39, 0.29) is 22.5 Å². The molecule has 1 aliphatic carbocycles. The summed E-state index contributed by atoms with van der Waals surface area (Å²) >= 11 is 0. The van der Waals surface area contributed by atoms with Gasteiger partial charge in [-0.1, -0.05) is 25.5 Å². The van der Waals surface area contributed by atoms with Gasteiger partial charge in [0.1, 0.15) is 0 Å². The van der Waals surface area contributed by atoms with E-state index in [9.17, 15) is 18.0 Å². The molecule has 28 heavy (non-hydrogen) atoms. The minimum Gasteiger partial charge on any atom is -0.339 e. The first-order valence-electron chi connectivity index (χ1n) is 10.3. The zero-order valence-corrected chi connectivity index (χ0v) is 17.6. The van der Waals surface area contributed by atoms with Crippen molar-refractivity contribution in [2.24, 2.45) is 5.92 Å². The predicted octanol–water partition coefficient (Wildman–Crippen LogP) is 3.08. The molecule has 0 unspecified atom stereocenters. The van der Waals surface area contributed by atoms with E-state index in [1.165, 1.54) is 23.4 Å². The number of nitrogens with zero attached hydrogens (tertiary/aromatic N) is 2. The molecule has 0 bridgehead atoms. The van der Waals surface area contributed by atoms with Gasteiger partial charge in [0.05, 0.1) is 4.90 Å². The summed E-state index contributed by atoms with van der Waals surface area (Å²) in [6.45, 7) is 5.12. The quantitative estimate of drug-likeness (QED) is 0.622. The molecule has 0 spiro atoms. The number of hydrogen-bond donors (Lipinski definition) is 0. The number of benzene rings is 1. The zero-order valence-electron chi connectivity index (χ0n) is 16.8. The summed E-state index contributed by atoms with van der Waals surface area (Å²) in [4.78, 5) is 26.6. The monoisotopic (exact) mass is 406 g/mol. The van der Waals surface area contributed by atoms with E-state index in [4.69, 9.17) is 0 Å². The Balaban J connectivity index is 1.62. The Morgan fingerprint density at radius 1 is 1.07 bits per heavy atom. The van der Waals surface area contributed by atoms with E-state index in [1.54, 1.807) is 12.1 Å². The molecule has 6 nitrogen and oxygen atoms in total. The number of ketones is 1. The molecule has 0 radical (unpaired) electrons. The highest BCUT2D eigenvalue weighted by molar-refractivity contribution is 7.89. The molecule has 2 fully saturated rings. The van der Waals surface area contributed by atoms with E-state index < -0.39 is 10.0 Å². The molecule has 1 saturated carbocycles. The van der Waals surface area contributed by atoms with E-state index in [0.717, 1.165) is 32.2 Å². The van der Waals surface area contributed by atoms with Gasteiger partial charge in [0.15, 0.2) is 5.78 Å². The zero-order chi connectivity index (χ0) is 20.3. The lowest BCUT2D eigenvalue weighted by atomic mass is 9.96. The summed E-state index contributed by atoms with van der Waals surface area (Å²) in [7, 11) is -3.59. The van der Waals surface area contributed by atoms with E-state index in [0.29, 0.717) is 37.5 Å². The molecule has 3 rings (SSSR count). The fraction of sp³-hybridized carbons (Fsp3) is 0.619. The van der Waals surface area contributed by atoms with Gasteiger partial charge in [-0.05, 0) is 51.2 Å². The maximum atomic E-state index is 12.9. The van der Waals surface area contributed by atoms with Crippen molar-refractivity contribution >= 4 is 21.7 Å². The SMILES string of the molecule is CCCCN(C(=O)C1CCN(S(=O)(=O)c2ccc(C(C)=O)cc2)CC1)C1CC1. The molecule has 1 amide bonds. The van der Waals surface area contributed by atoms with Crippen LogP contribution in [0.4, 0.5) is 0 Å². The molecular weight excluding hydrogens is 376 g/mol. The summed E-state index contributed by atoms with van der Waals surface area (Å²) in [5, 5.41) is 0. The minimum absolute atomic E-state index is 0.0796. The highest BCUT2D eigenvalue weighted by Gasteiger charge is 2.38. The van der Waals surface area contributed by atoms with Crippen LogP contribution in [0.5, 0.6) is 0 Å². The number of piperidine rings is 1. The number of amides is 1. The lowest BCUT2D eigenvalue weighted by Gasteiger charge is -2.34. The number of hydrogen-bond acceptors (Lipinski definition) is 4. The fourth-order valence-corrected chi connectivity index (χ4v) is 5.25. The van der Waals surface area contributed by atoms with Crippen LogP contribution in [0.15, 0.2) is 29.2 Å². The van der Waals surface area contributed by atoms with Gasteiger partial charge in [-0.2, -0.15) is 4.31 Å². The summed E-state index contributed by atoms with van der Waals surface area (Å²) in [5.74, 6) is 0.0365. The van der Waals surface area contributed by atoms with E-state index in [1.807, 2.05) is 4.90 Å². The van der Waals surface area contributed by atoms with Crippen LogP contribution < -0.4 is 0 Å². The van der Waals surface area contributed by atoms with Gasteiger partial charge in [0.25, 0.3) is 0 Å². The number of unbranched alkanes of at least 4 members (excludes halogenated alkanes) is 1. The molecule has 1 aromatic rings. The van der Waals surface area contributed by atoms with Crippen LogP contribution in [0.25, 0.3) is 0 Å². The van der Waals surface area contributed by atoms with Crippen LogP contribution in [-0.2, 0) is 14.8 Å². The van der Waals surface area contributed by atoms with Crippen molar-refractivity contribution in [3.63, 3.8) is 0 Å². The Kier molecular flexibility index (Phi) is 6.55. The van der Waals surface area contributed by atoms with Crippen molar-refractivity contribution in [1.82, 2.24) is 9.21 Å².